The molecular formula is C13H14IN3. The Morgan fingerprint density at radius 3 is 2.88 bits per heavy atom. The highest BCUT2D eigenvalue weighted by molar-refractivity contribution is 14.1. The molecule has 0 spiro atoms. The minimum atomic E-state index is 0.584. The Labute approximate surface area is 114 Å². The summed E-state index contributed by atoms with van der Waals surface area (Å²) in [6.07, 6.45) is 5.55. The highest BCUT2D eigenvalue weighted by Gasteiger charge is 2.19. The van der Waals surface area contributed by atoms with Crippen molar-refractivity contribution in [1.82, 2.24) is 4.98 Å². The van der Waals surface area contributed by atoms with Crippen molar-refractivity contribution in [2.45, 2.75) is 25.3 Å². The second-order valence-electron chi connectivity index (χ2n) is 4.52. The Bertz CT molecular complexity index is 559. The minimum absolute atomic E-state index is 0.584. The van der Waals surface area contributed by atoms with Gasteiger partial charge in [-0.25, -0.2) is 0 Å². The fourth-order valence-corrected chi connectivity index (χ4v) is 2.59. The molecule has 0 unspecified atom stereocenters. The van der Waals surface area contributed by atoms with E-state index < -0.39 is 0 Å². The van der Waals surface area contributed by atoms with Crippen molar-refractivity contribution in [2.24, 2.45) is 0 Å². The molecule has 0 saturated heterocycles. The predicted molar refractivity (Wildman–Crippen MR) is 80.1 cm³/mol. The van der Waals surface area contributed by atoms with E-state index in [-0.39, 0.29) is 0 Å². The molecule has 0 bridgehead atoms. The van der Waals surface area contributed by atoms with E-state index in [9.17, 15) is 0 Å². The molecule has 4 heteroatoms. The van der Waals surface area contributed by atoms with Gasteiger partial charge in [-0.3, -0.25) is 4.98 Å². The van der Waals surface area contributed by atoms with E-state index in [0.717, 1.165) is 22.3 Å². The molecule has 1 saturated carbocycles. The van der Waals surface area contributed by atoms with Crippen LogP contribution in [-0.2, 0) is 0 Å². The van der Waals surface area contributed by atoms with Crippen molar-refractivity contribution in [2.75, 3.05) is 11.1 Å². The first-order valence-corrected chi connectivity index (χ1v) is 6.92. The average molecular weight is 339 g/mol. The van der Waals surface area contributed by atoms with Gasteiger partial charge < -0.3 is 11.1 Å². The molecule has 3 rings (SSSR count). The number of nitrogen functional groups attached to an aromatic ring is 1. The molecule has 1 fully saturated rings. The smallest absolute Gasteiger partial charge is 0.0743 e. The van der Waals surface area contributed by atoms with E-state index >= 15 is 0 Å². The third-order valence-corrected chi connectivity index (χ3v) is 3.98. The minimum Gasteiger partial charge on any atom is -0.396 e. The highest BCUT2D eigenvalue weighted by atomic mass is 127. The number of aromatic nitrogens is 1. The quantitative estimate of drug-likeness (QED) is 0.825. The monoisotopic (exact) mass is 339 g/mol. The molecular weight excluding hydrogens is 325 g/mol. The summed E-state index contributed by atoms with van der Waals surface area (Å²) in [6, 6.07) is 6.84. The zero-order valence-electron chi connectivity index (χ0n) is 9.41. The predicted octanol–water partition coefficient (Wildman–Crippen LogP) is 3.39. The Morgan fingerprint density at radius 2 is 2.18 bits per heavy atom. The van der Waals surface area contributed by atoms with Gasteiger partial charge in [0.25, 0.3) is 0 Å². The zero-order chi connectivity index (χ0) is 11.8. The molecule has 1 aliphatic rings. The second kappa shape index (κ2) is 4.33. The number of nitrogens with two attached hydrogens (primary N) is 1. The summed E-state index contributed by atoms with van der Waals surface area (Å²) in [5, 5.41) is 4.68. The highest BCUT2D eigenvalue weighted by Crippen LogP contribution is 2.32. The number of hydrogen-bond acceptors (Lipinski definition) is 3. The molecule has 3 N–H and O–H groups in total. The lowest BCUT2D eigenvalue weighted by molar-refractivity contribution is 0.446. The van der Waals surface area contributed by atoms with Gasteiger partial charge in [-0.15, -0.1) is 0 Å². The van der Waals surface area contributed by atoms with E-state index in [4.69, 9.17) is 5.73 Å². The molecule has 0 aliphatic heterocycles. The van der Waals surface area contributed by atoms with Gasteiger partial charge >= 0.3 is 0 Å². The van der Waals surface area contributed by atoms with Gasteiger partial charge in [-0.05, 0) is 60.1 Å². The Kier molecular flexibility index (Phi) is 2.82. The first-order valence-electron chi connectivity index (χ1n) is 5.84. The molecule has 1 aromatic heterocycles. The summed E-state index contributed by atoms with van der Waals surface area (Å²) in [6.45, 7) is 0. The Balaban J connectivity index is 2.11. The molecule has 88 valence electrons. The number of nitrogens with zero attached hydrogens (tertiary/aromatic N) is 1. The zero-order valence-corrected chi connectivity index (χ0v) is 11.6. The van der Waals surface area contributed by atoms with Crippen LogP contribution < -0.4 is 11.1 Å². The van der Waals surface area contributed by atoms with Gasteiger partial charge in [0.15, 0.2) is 0 Å². The van der Waals surface area contributed by atoms with Crippen molar-refractivity contribution in [3.05, 3.63) is 28.0 Å². The Morgan fingerprint density at radius 1 is 1.35 bits per heavy atom. The van der Waals surface area contributed by atoms with Crippen molar-refractivity contribution in [1.29, 1.82) is 0 Å². The van der Waals surface area contributed by atoms with Gasteiger partial charge in [0.05, 0.1) is 23.1 Å². The number of nitrogens with one attached hydrogen (secondary N) is 1. The van der Waals surface area contributed by atoms with E-state index in [1.54, 1.807) is 6.20 Å². The lowest BCUT2D eigenvalue weighted by atomic mass is 9.92. The number of anilines is 2. The van der Waals surface area contributed by atoms with Gasteiger partial charge in [-0.1, -0.05) is 0 Å². The number of rotatable bonds is 2. The fraction of sp³-hybridized carbons (Fsp3) is 0.308. The summed E-state index contributed by atoms with van der Waals surface area (Å²) in [7, 11) is 0. The normalized spacial score (nSPS) is 15.8. The lowest BCUT2D eigenvalue weighted by Gasteiger charge is -2.28. The van der Waals surface area contributed by atoms with Crippen LogP contribution in [0.4, 0.5) is 11.4 Å². The molecule has 17 heavy (non-hydrogen) atoms. The van der Waals surface area contributed by atoms with Crippen molar-refractivity contribution >= 4 is 44.9 Å². The Hall–Kier alpha value is -1.04. The van der Waals surface area contributed by atoms with E-state index in [1.807, 2.05) is 6.07 Å². The molecule has 0 amide bonds. The first kappa shape index (κ1) is 11.1. The third-order valence-electron chi connectivity index (χ3n) is 3.31. The van der Waals surface area contributed by atoms with Crippen LogP contribution in [0.2, 0.25) is 0 Å². The summed E-state index contributed by atoms with van der Waals surface area (Å²) in [4.78, 5) is 4.37. The van der Waals surface area contributed by atoms with Crippen molar-refractivity contribution < 1.29 is 0 Å². The lowest BCUT2D eigenvalue weighted by Crippen LogP contribution is -2.27. The van der Waals surface area contributed by atoms with Gasteiger partial charge in [0.1, 0.15) is 0 Å². The number of pyridine rings is 1. The van der Waals surface area contributed by atoms with Crippen LogP contribution in [0.25, 0.3) is 10.9 Å². The second-order valence-corrected chi connectivity index (χ2v) is 5.77. The van der Waals surface area contributed by atoms with E-state index in [0.29, 0.717) is 6.04 Å². The molecule has 1 heterocycles. The first-order chi connectivity index (χ1) is 8.24. The van der Waals surface area contributed by atoms with E-state index in [2.05, 4.69) is 45.0 Å². The van der Waals surface area contributed by atoms with E-state index in [1.165, 1.54) is 22.8 Å². The number of hydrogen-bond donors (Lipinski definition) is 2. The largest absolute Gasteiger partial charge is 0.396 e. The third kappa shape index (κ3) is 2.06. The molecule has 0 atom stereocenters. The average Bonchev–Trinajstić information content (AvgIpc) is 2.25. The van der Waals surface area contributed by atoms with Crippen molar-refractivity contribution in [3.63, 3.8) is 0 Å². The maximum Gasteiger partial charge on any atom is 0.0743 e. The number of halogens is 1. The summed E-state index contributed by atoms with van der Waals surface area (Å²) < 4.78 is 1.21. The molecule has 2 aromatic rings. The van der Waals surface area contributed by atoms with Crippen LogP contribution in [0.5, 0.6) is 0 Å². The van der Waals surface area contributed by atoms with Crippen LogP contribution >= 0.6 is 22.6 Å². The van der Waals surface area contributed by atoms with Crippen molar-refractivity contribution in [3.8, 4) is 0 Å². The topological polar surface area (TPSA) is 50.9 Å². The van der Waals surface area contributed by atoms with Crippen LogP contribution in [0, 0.1) is 3.57 Å². The van der Waals surface area contributed by atoms with Crippen LogP contribution in [0.15, 0.2) is 24.4 Å². The number of benzene rings is 1. The maximum absolute atomic E-state index is 6.04. The summed E-state index contributed by atoms with van der Waals surface area (Å²) in [5.41, 5.74) is 8.83. The summed E-state index contributed by atoms with van der Waals surface area (Å²) >= 11 is 2.32. The van der Waals surface area contributed by atoms with Gasteiger partial charge in [-0.2, -0.15) is 0 Å². The summed E-state index contributed by atoms with van der Waals surface area (Å²) in [5.74, 6) is 0. The van der Waals surface area contributed by atoms with Crippen LogP contribution in [-0.4, -0.2) is 11.0 Å². The maximum atomic E-state index is 6.04. The standard InChI is InChI=1S/C13H14IN3/c14-8-4-5-12-10(6-8)13(11(15)7-16-12)17-9-2-1-3-9/h4-7,9H,1-3,15H2,(H,16,17). The van der Waals surface area contributed by atoms with Gasteiger partial charge in [0.2, 0.25) is 0 Å². The molecule has 3 nitrogen and oxygen atoms in total. The SMILES string of the molecule is Nc1cnc2ccc(I)cc2c1NC1CCC1. The van der Waals surface area contributed by atoms with Crippen LogP contribution in [0.3, 0.4) is 0 Å². The number of fused-ring (bicyclic) bond motifs is 1. The molecule has 0 radical (unpaired) electrons. The molecule has 1 aliphatic carbocycles. The fourth-order valence-electron chi connectivity index (χ4n) is 2.10. The molecule has 1 aromatic carbocycles. The van der Waals surface area contributed by atoms with Crippen LogP contribution in [0.1, 0.15) is 19.3 Å². The van der Waals surface area contributed by atoms with Gasteiger partial charge in [0, 0.05) is 15.0 Å².